The standard InChI is InChI=1S/C26H29N3O5S/c1-5-15-27-25(30)19-9-8-10-20(16-19)28-26(31)22-17-21(14-13-18(22)2)35(32,33)29(3)23-11-6-7-12-24(23)34-4/h6-14,16-17H,5,15H2,1-4H3,(H,27,30)(H,28,31). The number of carbonyl (C=O) groups is 2. The molecule has 8 nitrogen and oxygen atoms in total. The summed E-state index contributed by atoms with van der Waals surface area (Å²) in [5.74, 6) is -0.302. The molecular weight excluding hydrogens is 466 g/mol. The zero-order chi connectivity index (χ0) is 25.6. The predicted molar refractivity (Wildman–Crippen MR) is 137 cm³/mol. The van der Waals surface area contributed by atoms with Crippen LogP contribution in [0, 0.1) is 6.92 Å². The topological polar surface area (TPSA) is 105 Å². The molecule has 0 aromatic heterocycles. The molecule has 0 atom stereocenters. The predicted octanol–water partition coefficient (Wildman–Crippen LogP) is 4.22. The van der Waals surface area contributed by atoms with Crippen molar-refractivity contribution < 1.29 is 22.7 Å². The highest BCUT2D eigenvalue weighted by Gasteiger charge is 2.25. The normalized spacial score (nSPS) is 11.0. The monoisotopic (exact) mass is 495 g/mol. The average molecular weight is 496 g/mol. The van der Waals surface area contributed by atoms with E-state index in [0.717, 1.165) is 10.7 Å². The van der Waals surface area contributed by atoms with Crippen molar-refractivity contribution in [2.24, 2.45) is 0 Å². The lowest BCUT2D eigenvalue weighted by molar-refractivity contribution is 0.0952. The van der Waals surface area contributed by atoms with Crippen molar-refractivity contribution in [2.45, 2.75) is 25.2 Å². The minimum Gasteiger partial charge on any atom is -0.495 e. The second-order valence-electron chi connectivity index (χ2n) is 7.91. The zero-order valence-electron chi connectivity index (χ0n) is 20.2. The molecule has 2 amide bonds. The molecule has 9 heteroatoms. The number of carbonyl (C=O) groups excluding carboxylic acids is 2. The van der Waals surface area contributed by atoms with Gasteiger partial charge in [-0.1, -0.05) is 31.2 Å². The maximum Gasteiger partial charge on any atom is 0.264 e. The van der Waals surface area contributed by atoms with Crippen molar-refractivity contribution in [1.29, 1.82) is 0 Å². The van der Waals surface area contributed by atoms with Crippen LogP contribution in [0.15, 0.2) is 71.6 Å². The first-order chi connectivity index (χ1) is 16.7. The smallest absolute Gasteiger partial charge is 0.264 e. The summed E-state index contributed by atoms with van der Waals surface area (Å²) in [6.07, 6.45) is 0.812. The molecule has 0 saturated heterocycles. The van der Waals surface area contributed by atoms with Crippen molar-refractivity contribution in [3.05, 3.63) is 83.4 Å². The summed E-state index contributed by atoms with van der Waals surface area (Å²) >= 11 is 0. The molecule has 3 aromatic carbocycles. The van der Waals surface area contributed by atoms with Gasteiger partial charge in [-0.05, 0) is 61.4 Å². The fraction of sp³-hybridized carbons (Fsp3) is 0.231. The number of methoxy groups -OCH3 is 1. The minimum atomic E-state index is -3.98. The molecule has 0 aliphatic rings. The summed E-state index contributed by atoms with van der Waals surface area (Å²) in [7, 11) is -1.08. The zero-order valence-corrected chi connectivity index (χ0v) is 21.0. The van der Waals surface area contributed by atoms with Crippen LogP contribution in [-0.2, 0) is 10.0 Å². The van der Waals surface area contributed by atoms with E-state index in [1.807, 2.05) is 6.92 Å². The summed E-state index contributed by atoms with van der Waals surface area (Å²) in [5, 5.41) is 5.56. The molecule has 0 radical (unpaired) electrons. The van der Waals surface area contributed by atoms with Crippen LogP contribution >= 0.6 is 0 Å². The molecule has 0 unspecified atom stereocenters. The maximum atomic E-state index is 13.3. The Labute approximate surface area is 206 Å². The van der Waals surface area contributed by atoms with Gasteiger partial charge in [-0.3, -0.25) is 13.9 Å². The summed E-state index contributed by atoms with van der Waals surface area (Å²) in [6.45, 7) is 4.24. The number of nitrogens with one attached hydrogen (secondary N) is 2. The van der Waals surface area contributed by atoms with E-state index in [2.05, 4.69) is 10.6 Å². The summed E-state index contributed by atoms with van der Waals surface area (Å²) in [4.78, 5) is 25.3. The maximum absolute atomic E-state index is 13.3. The van der Waals surface area contributed by atoms with Crippen molar-refractivity contribution >= 4 is 33.2 Å². The van der Waals surface area contributed by atoms with Crippen molar-refractivity contribution in [2.75, 3.05) is 30.3 Å². The van der Waals surface area contributed by atoms with Crippen LogP contribution in [0.4, 0.5) is 11.4 Å². The van der Waals surface area contributed by atoms with Crippen LogP contribution in [0.5, 0.6) is 5.75 Å². The minimum absolute atomic E-state index is 0.0330. The third kappa shape index (κ3) is 5.81. The van der Waals surface area contributed by atoms with Gasteiger partial charge in [0.1, 0.15) is 5.75 Å². The number of amides is 2. The number of aryl methyl sites for hydroxylation is 1. The Hall–Kier alpha value is -3.85. The van der Waals surface area contributed by atoms with E-state index in [4.69, 9.17) is 4.74 Å². The van der Waals surface area contributed by atoms with Gasteiger partial charge in [0, 0.05) is 30.4 Å². The molecule has 184 valence electrons. The first kappa shape index (κ1) is 25.8. The van der Waals surface area contributed by atoms with Gasteiger partial charge in [-0.15, -0.1) is 0 Å². The number of sulfonamides is 1. The Balaban J connectivity index is 1.88. The average Bonchev–Trinajstić information content (AvgIpc) is 2.86. The summed E-state index contributed by atoms with van der Waals surface area (Å²) in [6, 6.07) is 17.8. The van der Waals surface area contributed by atoms with E-state index in [1.54, 1.807) is 61.5 Å². The van der Waals surface area contributed by atoms with Crippen LogP contribution in [0.2, 0.25) is 0 Å². The van der Waals surface area contributed by atoms with Crippen LogP contribution in [-0.4, -0.2) is 40.9 Å². The number of nitrogens with zero attached hydrogens (tertiary/aromatic N) is 1. The largest absolute Gasteiger partial charge is 0.495 e. The molecule has 0 saturated carbocycles. The second kappa shape index (κ2) is 11.1. The van der Waals surface area contributed by atoms with Crippen LogP contribution in [0.25, 0.3) is 0 Å². The highest BCUT2D eigenvalue weighted by molar-refractivity contribution is 7.92. The van der Waals surface area contributed by atoms with Crippen LogP contribution < -0.4 is 19.7 Å². The Morgan fingerprint density at radius 3 is 2.43 bits per heavy atom. The Morgan fingerprint density at radius 1 is 0.971 bits per heavy atom. The number of hydrogen-bond acceptors (Lipinski definition) is 5. The Bertz CT molecular complexity index is 1340. The van der Waals surface area contributed by atoms with Gasteiger partial charge in [0.25, 0.3) is 21.8 Å². The highest BCUT2D eigenvalue weighted by Crippen LogP contribution is 2.31. The van der Waals surface area contributed by atoms with E-state index in [0.29, 0.717) is 34.8 Å². The van der Waals surface area contributed by atoms with Gasteiger partial charge in [0.2, 0.25) is 0 Å². The molecular formula is C26H29N3O5S. The van der Waals surface area contributed by atoms with Gasteiger partial charge in [-0.2, -0.15) is 0 Å². The third-order valence-electron chi connectivity index (χ3n) is 5.45. The molecule has 3 aromatic rings. The summed E-state index contributed by atoms with van der Waals surface area (Å²) < 4.78 is 33.1. The fourth-order valence-corrected chi connectivity index (χ4v) is 4.69. The van der Waals surface area contributed by atoms with Gasteiger partial charge in [0.05, 0.1) is 17.7 Å². The lowest BCUT2D eigenvalue weighted by Crippen LogP contribution is -2.27. The van der Waals surface area contributed by atoms with Crippen molar-refractivity contribution in [1.82, 2.24) is 5.32 Å². The quantitative estimate of drug-likeness (QED) is 0.462. The first-order valence-electron chi connectivity index (χ1n) is 11.1. The van der Waals surface area contributed by atoms with Gasteiger partial charge in [-0.25, -0.2) is 8.42 Å². The molecule has 2 N–H and O–H groups in total. The molecule has 0 spiro atoms. The molecule has 3 rings (SSSR count). The number of benzene rings is 3. The SMILES string of the molecule is CCCNC(=O)c1cccc(NC(=O)c2cc(S(=O)(=O)N(C)c3ccccc3OC)ccc2C)c1. The van der Waals surface area contributed by atoms with E-state index in [9.17, 15) is 18.0 Å². The lowest BCUT2D eigenvalue weighted by Gasteiger charge is -2.22. The summed E-state index contributed by atoms with van der Waals surface area (Å²) in [5.41, 5.74) is 2.04. The molecule has 0 heterocycles. The fourth-order valence-electron chi connectivity index (χ4n) is 3.46. The van der Waals surface area contributed by atoms with Crippen molar-refractivity contribution in [3.8, 4) is 5.75 Å². The highest BCUT2D eigenvalue weighted by atomic mass is 32.2. The van der Waals surface area contributed by atoms with E-state index in [-0.39, 0.29) is 16.4 Å². The van der Waals surface area contributed by atoms with Gasteiger partial charge >= 0.3 is 0 Å². The van der Waals surface area contributed by atoms with Crippen molar-refractivity contribution in [3.63, 3.8) is 0 Å². The molecule has 0 aliphatic carbocycles. The Morgan fingerprint density at radius 2 is 1.71 bits per heavy atom. The molecule has 0 aliphatic heterocycles. The van der Waals surface area contributed by atoms with Crippen LogP contribution in [0.1, 0.15) is 39.6 Å². The number of para-hydroxylation sites is 2. The van der Waals surface area contributed by atoms with E-state index in [1.165, 1.54) is 26.3 Å². The third-order valence-corrected chi connectivity index (χ3v) is 7.22. The second-order valence-corrected chi connectivity index (χ2v) is 9.88. The van der Waals surface area contributed by atoms with E-state index >= 15 is 0 Å². The lowest BCUT2D eigenvalue weighted by atomic mass is 10.1. The molecule has 0 fully saturated rings. The first-order valence-corrected chi connectivity index (χ1v) is 12.5. The van der Waals surface area contributed by atoms with Crippen LogP contribution in [0.3, 0.4) is 0 Å². The van der Waals surface area contributed by atoms with Gasteiger partial charge in [0.15, 0.2) is 0 Å². The number of anilines is 2. The van der Waals surface area contributed by atoms with Gasteiger partial charge < -0.3 is 15.4 Å². The molecule has 35 heavy (non-hydrogen) atoms. The number of ether oxygens (including phenoxy) is 1. The number of hydrogen-bond donors (Lipinski definition) is 2. The molecule has 0 bridgehead atoms. The Kier molecular flexibility index (Phi) is 8.14. The number of rotatable bonds is 9. The van der Waals surface area contributed by atoms with E-state index < -0.39 is 15.9 Å².